The van der Waals surface area contributed by atoms with Crippen LogP contribution in [0.15, 0.2) is 90.2 Å². The van der Waals surface area contributed by atoms with Crippen LogP contribution < -0.4 is 5.01 Å². The SMILES string of the molecule is O=[N+]([O-])c1cc([N+](=O)[O-])c2cccnc2c1N1N=C(c2ccccc2)CC1c1ccccc1. The third-order valence-corrected chi connectivity index (χ3v) is 5.65. The van der Waals surface area contributed by atoms with Gasteiger partial charge in [-0.2, -0.15) is 5.10 Å². The van der Waals surface area contributed by atoms with Crippen molar-refractivity contribution in [3.63, 3.8) is 0 Å². The molecule has 5 rings (SSSR count). The zero-order chi connectivity index (χ0) is 22.9. The molecule has 0 fully saturated rings. The molecule has 0 amide bonds. The van der Waals surface area contributed by atoms with E-state index in [1.54, 1.807) is 17.1 Å². The third kappa shape index (κ3) is 3.55. The molecular formula is C24H17N5O4. The summed E-state index contributed by atoms with van der Waals surface area (Å²) in [6, 6.07) is 22.9. The molecule has 0 aliphatic carbocycles. The highest BCUT2D eigenvalue weighted by molar-refractivity contribution is 6.06. The fourth-order valence-electron chi connectivity index (χ4n) is 4.17. The summed E-state index contributed by atoms with van der Waals surface area (Å²) in [5.41, 5.74) is 2.12. The molecule has 0 saturated carbocycles. The molecule has 1 atom stereocenters. The van der Waals surface area contributed by atoms with Crippen LogP contribution in [-0.2, 0) is 0 Å². The van der Waals surface area contributed by atoms with Crippen molar-refractivity contribution in [1.29, 1.82) is 0 Å². The number of pyridine rings is 1. The lowest BCUT2D eigenvalue weighted by Crippen LogP contribution is -2.20. The summed E-state index contributed by atoms with van der Waals surface area (Å²) in [5, 5.41) is 30.3. The largest absolute Gasteiger partial charge is 0.303 e. The molecule has 0 bridgehead atoms. The van der Waals surface area contributed by atoms with Crippen LogP contribution in [0, 0.1) is 20.2 Å². The van der Waals surface area contributed by atoms with E-state index in [-0.39, 0.29) is 28.3 Å². The van der Waals surface area contributed by atoms with E-state index in [2.05, 4.69) is 4.98 Å². The van der Waals surface area contributed by atoms with Crippen molar-refractivity contribution in [2.75, 3.05) is 5.01 Å². The summed E-state index contributed by atoms with van der Waals surface area (Å²) in [6.45, 7) is 0. The molecule has 0 N–H and O–H groups in total. The number of nitro benzene ring substituents is 2. The van der Waals surface area contributed by atoms with Crippen LogP contribution in [0.2, 0.25) is 0 Å². The normalized spacial score (nSPS) is 15.5. The van der Waals surface area contributed by atoms with Gasteiger partial charge >= 0.3 is 5.69 Å². The number of benzene rings is 3. The average molecular weight is 439 g/mol. The van der Waals surface area contributed by atoms with Crippen LogP contribution in [-0.4, -0.2) is 20.5 Å². The molecule has 1 aliphatic heterocycles. The van der Waals surface area contributed by atoms with Gasteiger partial charge in [0.15, 0.2) is 5.69 Å². The van der Waals surface area contributed by atoms with Crippen molar-refractivity contribution < 1.29 is 9.85 Å². The number of hydrazone groups is 1. The second kappa shape index (κ2) is 8.12. The van der Waals surface area contributed by atoms with Gasteiger partial charge in [0, 0.05) is 12.6 Å². The highest BCUT2D eigenvalue weighted by Crippen LogP contribution is 2.46. The maximum atomic E-state index is 12.1. The van der Waals surface area contributed by atoms with Gasteiger partial charge in [-0.3, -0.25) is 25.2 Å². The Kier molecular flexibility index (Phi) is 4.98. The number of rotatable bonds is 5. The van der Waals surface area contributed by atoms with Crippen LogP contribution in [0.5, 0.6) is 0 Å². The lowest BCUT2D eigenvalue weighted by atomic mass is 9.98. The van der Waals surface area contributed by atoms with E-state index in [1.165, 1.54) is 6.20 Å². The number of anilines is 1. The quantitative estimate of drug-likeness (QED) is 0.303. The molecule has 0 radical (unpaired) electrons. The van der Waals surface area contributed by atoms with Gasteiger partial charge in [-0.25, -0.2) is 5.01 Å². The molecule has 1 aromatic heterocycles. The minimum absolute atomic E-state index is 0.140. The minimum atomic E-state index is -0.627. The fourth-order valence-corrected chi connectivity index (χ4v) is 4.17. The molecule has 162 valence electrons. The van der Waals surface area contributed by atoms with Crippen molar-refractivity contribution in [2.24, 2.45) is 5.10 Å². The monoisotopic (exact) mass is 439 g/mol. The van der Waals surface area contributed by atoms with Crippen molar-refractivity contribution in [1.82, 2.24) is 4.98 Å². The zero-order valence-electron chi connectivity index (χ0n) is 17.2. The van der Waals surface area contributed by atoms with E-state index in [4.69, 9.17) is 5.10 Å². The molecule has 33 heavy (non-hydrogen) atoms. The molecule has 1 aliphatic rings. The molecule has 2 heterocycles. The molecular weight excluding hydrogens is 422 g/mol. The number of hydrogen-bond acceptors (Lipinski definition) is 7. The maximum absolute atomic E-state index is 12.1. The Hall–Kier alpha value is -4.66. The maximum Gasteiger partial charge on any atom is 0.303 e. The van der Waals surface area contributed by atoms with E-state index in [1.807, 2.05) is 60.7 Å². The Balaban J connectivity index is 1.79. The van der Waals surface area contributed by atoms with Crippen LogP contribution in [0.1, 0.15) is 23.6 Å². The Morgan fingerprint density at radius 2 is 1.52 bits per heavy atom. The molecule has 3 aromatic carbocycles. The van der Waals surface area contributed by atoms with Gasteiger partial charge in [0.1, 0.15) is 5.52 Å². The standard InChI is InChI=1S/C24H17N5O4/c30-28(31)21-15-22(29(32)33)24(23-18(21)12-7-13-25-23)27-20(17-10-5-2-6-11-17)14-19(26-27)16-8-3-1-4-9-16/h1-13,15,20H,14H2. The first-order valence-corrected chi connectivity index (χ1v) is 10.2. The highest BCUT2D eigenvalue weighted by Gasteiger charge is 2.37. The van der Waals surface area contributed by atoms with E-state index >= 15 is 0 Å². The molecule has 0 spiro atoms. The Bertz CT molecular complexity index is 1410. The number of aromatic nitrogens is 1. The van der Waals surface area contributed by atoms with Gasteiger partial charge in [0.25, 0.3) is 5.69 Å². The van der Waals surface area contributed by atoms with E-state index in [0.29, 0.717) is 6.42 Å². The number of nitrogens with zero attached hydrogens (tertiary/aromatic N) is 5. The van der Waals surface area contributed by atoms with Gasteiger partial charge in [0.05, 0.1) is 33.1 Å². The summed E-state index contributed by atoms with van der Waals surface area (Å²) in [5.74, 6) is 0. The number of non-ortho nitro benzene ring substituents is 1. The minimum Gasteiger partial charge on any atom is -0.258 e. The Morgan fingerprint density at radius 3 is 2.18 bits per heavy atom. The van der Waals surface area contributed by atoms with Crippen LogP contribution >= 0.6 is 0 Å². The van der Waals surface area contributed by atoms with Crippen molar-refractivity contribution >= 4 is 33.7 Å². The lowest BCUT2D eigenvalue weighted by Gasteiger charge is -2.24. The van der Waals surface area contributed by atoms with Crippen molar-refractivity contribution in [3.8, 4) is 0 Å². The van der Waals surface area contributed by atoms with Gasteiger partial charge < -0.3 is 0 Å². The predicted octanol–water partition coefficient (Wildman–Crippen LogP) is 5.41. The van der Waals surface area contributed by atoms with Crippen LogP contribution in [0.4, 0.5) is 17.1 Å². The number of hydrogen-bond donors (Lipinski definition) is 0. The molecule has 0 saturated heterocycles. The topological polar surface area (TPSA) is 115 Å². The van der Waals surface area contributed by atoms with Gasteiger partial charge in [-0.05, 0) is 23.3 Å². The summed E-state index contributed by atoms with van der Waals surface area (Å²) < 4.78 is 0. The summed E-state index contributed by atoms with van der Waals surface area (Å²) in [6.07, 6.45) is 1.98. The molecule has 9 nitrogen and oxygen atoms in total. The zero-order valence-corrected chi connectivity index (χ0v) is 17.2. The second-order valence-electron chi connectivity index (χ2n) is 7.57. The Labute approximate surface area is 187 Å². The Morgan fingerprint density at radius 1 is 0.848 bits per heavy atom. The second-order valence-corrected chi connectivity index (χ2v) is 7.57. The van der Waals surface area contributed by atoms with E-state index in [9.17, 15) is 20.2 Å². The molecule has 1 unspecified atom stereocenters. The van der Waals surface area contributed by atoms with Crippen molar-refractivity contribution in [2.45, 2.75) is 12.5 Å². The summed E-state index contributed by atoms with van der Waals surface area (Å²) >= 11 is 0. The van der Waals surface area contributed by atoms with E-state index in [0.717, 1.165) is 22.9 Å². The predicted molar refractivity (Wildman–Crippen MR) is 124 cm³/mol. The molecule has 9 heteroatoms. The van der Waals surface area contributed by atoms with Gasteiger partial charge in [0.2, 0.25) is 0 Å². The summed E-state index contributed by atoms with van der Waals surface area (Å²) in [4.78, 5) is 26.8. The smallest absolute Gasteiger partial charge is 0.258 e. The van der Waals surface area contributed by atoms with Gasteiger partial charge in [-0.1, -0.05) is 60.7 Å². The fraction of sp³-hybridized carbons (Fsp3) is 0.0833. The van der Waals surface area contributed by atoms with E-state index < -0.39 is 15.5 Å². The number of fused-ring (bicyclic) bond motifs is 1. The highest BCUT2D eigenvalue weighted by atomic mass is 16.6. The lowest BCUT2D eigenvalue weighted by molar-refractivity contribution is -0.392. The number of nitro groups is 2. The van der Waals surface area contributed by atoms with Crippen LogP contribution in [0.25, 0.3) is 10.9 Å². The first-order chi connectivity index (χ1) is 16.0. The third-order valence-electron chi connectivity index (χ3n) is 5.65. The first-order valence-electron chi connectivity index (χ1n) is 10.2. The van der Waals surface area contributed by atoms with Crippen LogP contribution in [0.3, 0.4) is 0 Å². The summed E-state index contributed by atoms with van der Waals surface area (Å²) in [7, 11) is 0. The van der Waals surface area contributed by atoms with Crippen molar-refractivity contribution in [3.05, 3.63) is 116 Å². The average Bonchev–Trinajstić information content (AvgIpc) is 3.29. The first kappa shape index (κ1) is 20.3. The molecule has 4 aromatic rings. The van der Waals surface area contributed by atoms with Gasteiger partial charge in [-0.15, -0.1) is 0 Å².